The highest BCUT2D eigenvalue weighted by Crippen LogP contribution is 2.33. The maximum atomic E-state index is 13.1. The molecule has 0 unspecified atom stereocenters. The summed E-state index contributed by atoms with van der Waals surface area (Å²) >= 11 is 6.20. The van der Waals surface area contributed by atoms with Gasteiger partial charge in [0.05, 0.1) is 25.6 Å². The Bertz CT molecular complexity index is 1260. The Morgan fingerprint density at radius 3 is 2.64 bits per heavy atom. The Morgan fingerprint density at radius 1 is 1.03 bits per heavy atom. The maximum absolute atomic E-state index is 13.1. The Labute approximate surface area is 196 Å². The standard InChI is InChI=1S/C25H23ClN4O3/c1-32-20-9-10-21(24(15-20)33-2)22-16-23(30(29-22)19-8-5-6-17(26)14-19)25(31)28-13-11-18-7-3-4-12-27-18/h3-10,12,14-16H,11,13H2,1-2H3,(H,28,31). The molecule has 0 atom stereocenters. The number of nitrogens with one attached hydrogen (secondary N) is 1. The van der Waals surface area contributed by atoms with Crippen LogP contribution < -0.4 is 14.8 Å². The fourth-order valence-corrected chi connectivity index (χ4v) is 3.61. The highest BCUT2D eigenvalue weighted by molar-refractivity contribution is 6.30. The Kier molecular flexibility index (Phi) is 6.90. The van der Waals surface area contributed by atoms with Gasteiger partial charge in [-0.3, -0.25) is 9.78 Å². The summed E-state index contributed by atoms with van der Waals surface area (Å²) in [5.74, 6) is 1.00. The van der Waals surface area contributed by atoms with Crippen molar-refractivity contribution < 1.29 is 14.3 Å². The third kappa shape index (κ3) is 5.15. The number of hydrogen-bond acceptors (Lipinski definition) is 5. The molecule has 0 aliphatic carbocycles. The summed E-state index contributed by atoms with van der Waals surface area (Å²) < 4.78 is 12.4. The molecule has 7 nitrogen and oxygen atoms in total. The summed E-state index contributed by atoms with van der Waals surface area (Å²) in [4.78, 5) is 17.4. The molecule has 4 aromatic rings. The van der Waals surface area contributed by atoms with E-state index >= 15 is 0 Å². The number of aromatic nitrogens is 3. The summed E-state index contributed by atoms with van der Waals surface area (Å²) in [6, 6.07) is 20.1. The second-order valence-electron chi connectivity index (χ2n) is 7.20. The van der Waals surface area contributed by atoms with Crippen LogP contribution in [0.4, 0.5) is 0 Å². The molecule has 2 aromatic heterocycles. The predicted molar refractivity (Wildman–Crippen MR) is 127 cm³/mol. The number of halogens is 1. The molecule has 8 heteroatoms. The first-order chi connectivity index (χ1) is 16.1. The van der Waals surface area contributed by atoms with Crippen LogP contribution in [0, 0.1) is 0 Å². The van der Waals surface area contributed by atoms with Crippen LogP contribution in [0.2, 0.25) is 5.02 Å². The molecule has 4 rings (SSSR count). The maximum Gasteiger partial charge on any atom is 0.270 e. The second kappa shape index (κ2) is 10.2. The zero-order chi connectivity index (χ0) is 23.2. The first-order valence-electron chi connectivity index (χ1n) is 10.4. The van der Waals surface area contributed by atoms with Gasteiger partial charge >= 0.3 is 0 Å². The van der Waals surface area contributed by atoms with E-state index < -0.39 is 0 Å². The fourth-order valence-electron chi connectivity index (χ4n) is 3.43. The van der Waals surface area contributed by atoms with E-state index in [9.17, 15) is 4.79 Å². The molecule has 1 amide bonds. The van der Waals surface area contributed by atoms with Gasteiger partial charge in [-0.2, -0.15) is 5.10 Å². The first-order valence-corrected chi connectivity index (χ1v) is 10.7. The van der Waals surface area contributed by atoms with Gasteiger partial charge in [-0.25, -0.2) is 4.68 Å². The van der Waals surface area contributed by atoms with Crippen molar-refractivity contribution in [3.63, 3.8) is 0 Å². The molecule has 1 N–H and O–H groups in total. The average Bonchev–Trinajstić information content (AvgIpc) is 3.29. The summed E-state index contributed by atoms with van der Waals surface area (Å²) in [6.45, 7) is 0.442. The first kappa shape index (κ1) is 22.4. The molecule has 0 radical (unpaired) electrons. The minimum absolute atomic E-state index is 0.253. The van der Waals surface area contributed by atoms with Crippen LogP contribution in [0.1, 0.15) is 16.2 Å². The van der Waals surface area contributed by atoms with Crippen LogP contribution >= 0.6 is 11.6 Å². The topological polar surface area (TPSA) is 78.3 Å². The van der Waals surface area contributed by atoms with Crippen molar-refractivity contribution in [2.45, 2.75) is 6.42 Å². The Balaban J connectivity index is 1.68. The third-order valence-electron chi connectivity index (χ3n) is 5.07. The lowest BCUT2D eigenvalue weighted by Gasteiger charge is -2.09. The zero-order valence-corrected chi connectivity index (χ0v) is 19.0. The number of carbonyl (C=O) groups is 1. The van der Waals surface area contributed by atoms with E-state index in [2.05, 4.69) is 10.3 Å². The summed E-state index contributed by atoms with van der Waals surface area (Å²) in [7, 11) is 3.17. The number of nitrogens with zero attached hydrogens (tertiary/aromatic N) is 3. The van der Waals surface area contributed by atoms with Crippen LogP contribution in [-0.4, -0.2) is 41.4 Å². The van der Waals surface area contributed by atoms with Crippen molar-refractivity contribution in [2.75, 3.05) is 20.8 Å². The number of amides is 1. The molecular formula is C25H23ClN4O3. The predicted octanol–water partition coefficient (Wildman–Crippen LogP) is 4.58. The van der Waals surface area contributed by atoms with Gasteiger partial charge in [0.1, 0.15) is 17.2 Å². The lowest BCUT2D eigenvalue weighted by Crippen LogP contribution is -2.28. The lowest BCUT2D eigenvalue weighted by molar-refractivity contribution is 0.0946. The van der Waals surface area contributed by atoms with Gasteiger partial charge in [-0.1, -0.05) is 23.7 Å². The van der Waals surface area contributed by atoms with Gasteiger partial charge in [0, 0.05) is 41.5 Å². The summed E-state index contributed by atoms with van der Waals surface area (Å²) in [6.07, 6.45) is 2.36. The Hall–Kier alpha value is -3.84. The molecule has 0 bridgehead atoms. The van der Waals surface area contributed by atoms with Gasteiger partial charge in [0.25, 0.3) is 5.91 Å². The van der Waals surface area contributed by atoms with Crippen LogP contribution in [-0.2, 0) is 6.42 Å². The van der Waals surface area contributed by atoms with Crippen molar-refractivity contribution in [1.29, 1.82) is 0 Å². The number of pyridine rings is 1. The Morgan fingerprint density at radius 2 is 1.91 bits per heavy atom. The monoisotopic (exact) mass is 462 g/mol. The molecule has 0 fully saturated rings. The smallest absolute Gasteiger partial charge is 0.270 e. The normalized spacial score (nSPS) is 10.6. The molecule has 0 saturated heterocycles. The minimum atomic E-state index is -0.253. The molecule has 2 aromatic carbocycles. The van der Waals surface area contributed by atoms with Crippen LogP contribution in [0.3, 0.4) is 0 Å². The van der Waals surface area contributed by atoms with Gasteiger partial charge in [0.2, 0.25) is 0 Å². The number of ether oxygens (including phenoxy) is 2. The minimum Gasteiger partial charge on any atom is -0.497 e. The molecular weight excluding hydrogens is 440 g/mol. The third-order valence-corrected chi connectivity index (χ3v) is 5.31. The molecule has 33 heavy (non-hydrogen) atoms. The molecule has 0 aliphatic heterocycles. The van der Waals surface area contributed by atoms with Crippen LogP contribution in [0.5, 0.6) is 11.5 Å². The number of carbonyl (C=O) groups excluding carboxylic acids is 1. The molecule has 2 heterocycles. The number of benzene rings is 2. The van der Waals surface area contributed by atoms with E-state index in [0.717, 1.165) is 11.3 Å². The summed E-state index contributed by atoms with van der Waals surface area (Å²) in [5, 5.41) is 8.22. The molecule has 0 saturated carbocycles. The zero-order valence-electron chi connectivity index (χ0n) is 18.3. The number of hydrogen-bond donors (Lipinski definition) is 1. The average molecular weight is 463 g/mol. The van der Waals surface area contributed by atoms with Gasteiger partial charge in [-0.05, 0) is 48.5 Å². The molecule has 168 valence electrons. The van der Waals surface area contributed by atoms with Crippen LogP contribution in [0.25, 0.3) is 16.9 Å². The fraction of sp³-hybridized carbons (Fsp3) is 0.160. The lowest BCUT2D eigenvalue weighted by atomic mass is 10.1. The molecule has 0 spiro atoms. The van der Waals surface area contributed by atoms with Gasteiger partial charge < -0.3 is 14.8 Å². The highest BCUT2D eigenvalue weighted by atomic mass is 35.5. The second-order valence-corrected chi connectivity index (χ2v) is 7.64. The SMILES string of the molecule is COc1ccc(-c2cc(C(=O)NCCc3ccccn3)n(-c3cccc(Cl)c3)n2)c(OC)c1. The largest absolute Gasteiger partial charge is 0.497 e. The van der Waals surface area contributed by atoms with E-state index in [4.69, 9.17) is 26.2 Å². The van der Waals surface area contributed by atoms with E-state index in [1.165, 1.54) is 0 Å². The quantitative estimate of drug-likeness (QED) is 0.414. The van der Waals surface area contributed by atoms with Crippen molar-refractivity contribution in [1.82, 2.24) is 20.1 Å². The highest BCUT2D eigenvalue weighted by Gasteiger charge is 2.20. The van der Waals surface area contributed by atoms with Crippen LogP contribution in [0.15, 0.2) is 72.9 Å². The van der Waals surface area contributed by atoms with Gasteiger partial charge in [0.15, 0.2) is 0 Å². The van der Waals surface area contributed by atoms with Crippen molar-refractivity contribution in [3.05, 3.63) is 89.3 Å². The number of methoxy groups -OCH3 is 2. The van der Waals surface area contributed by atoms with Crippen molar-refractivity contribution in [2.24, 2.45) is 0 Å². The summed E-state index contributed by atoms with van der Waals surface area (Å²) in [5.41, 5.74) is 3.29. The van der Waals surface area contributed by atoms with E-state index in [1.54, 1.807) is 49.4 Å². The molecule has 0 aliphatic rings. The van der Waals surface area contributed by atoms with E-state index in [-0.39, 0.29) is 5.91 Å². The van der Waals surface area contributed by atoms with E-state index in [1.807, 2.05) is 42.5 Å². The number of rotatable bonds is 8. The van der Waals surface area contributed by atoms with Crippen molar-refractivity contribution >= 4 is 17.5 Å². The van der Waals surface area contributed by atoms with Crippen molar-refractivity contribution in [3.8, 4) is 28.4 Å². The van der Waals surface area contributed by atoms with Gasteiger partial charge in [-0.15, -0.1) is 0 Å². The van der Waals surface area contributed by atoms with E-state index in [0.29, 0.717) is 46.6 Å².